The van der Waals surface area contributed by atoms with Crippen LogP contribution in [0.2, 0.25) is 16.6 Å². The molecule has 0 saturated heterocycles. The Balaban J connectivity index is 3.16. The third-order valence-corrected chi connectivity index (χ3v) is 10.00. The molecule has 0 heterocycles. The highest BCUT2D eigenvalue weighted by Crippen LogP contribution is 2.42. The van der Waals surface area contributed by atoms with Crippen molar-refractivity contribution in [3.05, 3.63) is 29.8 Å². The molecule has 0 spiro atoms. The molecular formula is C16H26O2Si. The Bertz CT molecular complexity index is 403. The summed E-state index contributed by atoms with van der Waals surface area (Å²) in [6.45, 7) is 13.6. The van der Waals surface area contributed by atoms with Gasteiger partial charge >= 0.3 is 0 Å². The predicted octanol–water partition coefficient (Wildman–Crippen LogP) is 5.05. The largest absolute Gasteiger partial charge is 0.543 e. The average molecular weight is 278 g/mol. The van der Waals surface area contributed by atoms with E-state index in [1.54, 1.807) is 0 Å². The lowest BCUT2D eigenvalue weighted by atomic mass is 10.2. The van der Waals surface area contributed by atoms with Crippen molar-refractivity contribution in [2.45, 2.75) is 58.2 Å². The van der Waals surface area contributed by atoms with E-state index in [0.717, 1.165) is 12.0 Å². The minimum atomic E-state index is -1.92. The Morgan fingerprint density at radius 1 is 1.00 bits per heavy atom. The van der Waals surface area contributed by atoms with Gasteiger partial charge in [-0.15, -0.1) is 0 Å². The summed E-state index contributed by atoms with van der Waals surface area (Å²) in [7, 11) is -1.92. The molecule has 0 bridgehead atoms. The topological polar surface area (TPSA) is 26.3 Å². The molecule has 0 amide bonds. The van der Waals surface area contributed by atoms with Crippen molar-refractivity contribution in [2.24, 2.45) is 0 Å². The zero-order chi connectivity index (χ0) is 14.6. The number of hydrogen-bond acceptors (Lipinski definition) is 2. The van der Waals surface area contributed by atoms with Crippen LogP contribution in [0.25, 0.3) is 0 Å². The van der Waals surface area contributed by atoms with Gasteiger partial charge in [0.15, 0.2) is 0 Å². The van der Waals surface area contributed by atoms with E-state index in [1.165, 1.54) is 0 Å². The van der Waals surface area contributed by atoms with Crippen LogP contribution in [0.3, 0.4) is 0 Å². The maximum absolute atomic E-state index is 10.9. The second-order valence-corrected chi connectivity index (χ2v) is 11.5. The maximum Gasteiger partial charge on any atom is 0.258 e. The summed E-state index contributed by atoms with van der Waals surface area (Å²) in [4.78, 5) is 10.9. The van der Waals surface area contributed by atoms with Crippen LogP contribution in [0, 0.1) is 0 Å². The third-order valence-electron chi connectivity index (χ3n) is 4.00. The van der Waals surface area contributed by atoms with E-state index in [0.29, 0.717) is 22.2 Å². The molecule has 1 rings (SSSR count). The summed E-state index contributed by atoms with van der Waals surface area (Å²) in [5, 5.41) is 0. The fraction of sp³-hybridized carbons (Fsp3) is 0.562. The molecule has 2 nitrogen and oxygen atoms in total. The molecule has 0 aliphatic rings. The van der Waals surface area contributed by atoms with Crippen LogP contribution in [0.15, 0.2) is 24.3 Å². The number of carbonyl (C=O) groups is 1. The van der Waals surface area contributed by atoms with E-state index in [-0.39, 0.29) is 0 Å². The van der Waals surface area contributed by atoms with Gasteiger partial charge in [0.1, 0.15) is 12.0 Å². The lowest BCUT2D eigenvalue weighted by Crippen LogP contribution is -2.50. The molecule has 0 fully saturated rings. The number of benzene rings is 1. The van der Waals surface area contributed by atoms with Crippen molar-refractivity contribution in [1.82, 2.24) is 0 Å². The third kappa shape index (κ3) is 3.27. The molecule has 0 aliphatic heterocycles. The smallest absolute Gasteiger partial charge is 0.258 e. The van der Waals surface area contributed by atoms with Crippen molar-refractivity contribution >= 4 is 14.6 Å². The SMILES string of the molecule is CC(C)[Si](Oc1cccc(C=O)c1)(C(C)C)C(C)C. The highest BCUT2D eigenvalue weighted by atomic mass is 28.4. The van der Waals surface area contributed by atoms with Crippen LogP contribution in [0.1, 0.15) is 51.9 Å². The molecule has 0 N–H and O–H groups in total. The van der Waals surface area contributed by atoms with Crippen LogP contribution in [0.5, 0.6) is 5.75 Å². The van der Waals surface area contributed by atoms with E-state index in [9.17, 15) is 4.79 Å². The molecule has 3 heteroatoms. The first-order valence-corrected chi connectivity index (χ1v) is 9.22. The van der Waals surface area contributed by atoms with Crippen molar-refractivity contribution < 1.29 is 9.22 Å². The first kappa shape index (κ1) is 16.0. The average Bonchev–Trinajstić information content (AvgIpc) is 2.34. The number of aldehydes is 1. The molecule has 1 aromatic carbocycles. The van der Waals surface area contributed by atoms with Crippen molar-refractivity contribution in [3.63, 3.8) is 0 Å². The summed E-state index contributed by atoms with van der Waals surface area (Å²) in [5.74, 6) is 0.840. The summed E-state index contributed by atoms with van der Waals surface area (Å²) >= 11 is 0. The minimum Gasteiger partial charge on any atom is -0.543 e. The summed E-state index contributed by atoms with van der Waals surface area (Å²) in [5.41, 5.74) is 2.28. The molecule has 0 unspecified atom stereocenters. The van der Waals surface area contributed by atoms with Gasteiger partial charge in [0.05, 0.1) is 0 Å². The summed E-state index contributed by atoms with van der Waals surface area (Å²) in [6, 6.07) is 7.51. The normalized spacial score (nSPS) is 12.3. The van der Waals surface area contributed by atoms with Crippen LogP contribution in [0.4, 0.5) is 0 Å². The van der Waals surface area contributed by atoms with E-state index >= 15 is 0 Å². The van der Waals surface area contributed by atoms with Crippen molar-refractivity contribution in [3.8, 4) is 5.75 Å². The molecule has 0 atom stereocenters. The highest BCUT2D eigenvalue weighted by Gasteiger charge is 2.46. The second kappa shape index (κ2) is 6.37. The molecule has 0 radical (unpaired) electrons. The van der Waals surface area contributed by atoms with Gasteiger partial charge in [-0.25, -0.2) is 0 Å². The minimum absolute atomic E-state index is 0.535. The standard InChI is InChI=1S/C16H26O2Si/c1-12(2)19(13(3)4,14(5)6)18-16-9-7-8-15(10-16)11-17/h7-14H,1-6H3. The van der Waals surface area contributed by atoms with Crippen molar-refractivity contribution in [1.29, 1.82) is 0 Å². The highest BCUT2D eigenvalue weighted by molar-refractivity contribution is 6.78. The van der Waals surface area contributed by atoms with E-state index < -0.39 is 8.32 Å². The molecule has 0 aliphatic carbocycles. The maximum atomic E-state index is 10.9. The fourth-order valence-electron chi connectivity index (χ4n) is 3.21. The van der Waals surface area contributed by atoms with Gasteiger partial charge in [0.25, 0.3) is 8.32 Å². The lowest BCUT2D eigenvalue weighted by Gasteiger charge is -2.42. The molecule has 0 aromatic heterocycles. The Labute approximate surface area is 118 Å². The van der Waals surface area contributed by atoms with Crippen LogP contribution >= 0.6 is 0 Å². The molecular weight excluding hydrogens is 252 g/mol. The first-order chi connectivity index (χ1) is 8.84. The van der Waals surface area contributed by atoms with Gasteiger partial charge in [-0.1, -0.05) is 53.7 Å². The van der Waals surface area contributed by atoms with E-state index in [2.05, 4.69) is 41.5 Å². The first-order valence-electron chi connectivity index (χ1n) is 7.08. The molecule has 0 saturated carbocycles. The monoisotopic (exact) mass is 278 g/mol. The number of rotatable bonds is 6. The number of hydrogen-bond donors (Lipinski definition) is 0. The predicted molar refractivity (Wildman–Crippen MR) is 83.5 cm³/mol. The zero-order valence-electron chi connectivity index (χ0n) is 12.9. The van der Waals surface area contributed by atoms with Gasteiger partial charge in [-0.3, -0.25) is 4.79 Å². The summed E-state index contributed by atoms with van der Waals surface area (Å²) < 4.78 is 6.51. The van der Waals surface area contributed by atoms with Gasteiger partial charge in [0, 0.05) is 5.56 Å². The van der Waals surface area contributed by atoms with Crippen LogP contribution in [-0.2, 0) is 0 Å². The lowest BCUT2D eigenvalue weighted by molar-refractivity contribution is 0.112. The van der Waals surface area contributed by atoms with Crippen LogP contribution < -0.4 is 4.43 Å². The van der Waals surface area contributed by atoms with Gasteiger partial charge in [-0.05, 0) is 28.8 Å². The molecule has 19 heavy (non-hydrogen) atoms. The zero-order valence-corrected chi connectivity index (χ0v) is 13.9. The van der Waals surface area contributed by atoms with Gasteiger partial charge < -0.3 is 4.43 Å². The Morgan fingerprint density at radius 3 is 1.95 bits per heavy atom. The number of carbonyl (C=O) groups excluding carboxylic acids is 1. The quantitative estimate of drug-likeness (QED) is 0.537. The Kier molecular flexibility index (Phi) is 5.35. The molecule has 106 valence electrons. The van der Waals surface area contributed by atoms with Crippen LogP contribution in [-0.4, -0.2) is 14.6 Å². The van der Waals surface area contributed by atoms with E-state index in [4.69, 9.17) is 4.43 Å². The fourth-order valence-corrected chi connectivity index (χ4v) is 8.45. The molecule has 1 aromatic rings. The van der Waals surface area contributed by atoms with Crippen molar-refractivity contribution in [2.75, 3.05) is 0 Å². The second-order valence-electron chi connectivity index (χ2n) is 6.11. The van der Waals surface area contributed by atoms with Gasteiger partial charge in [0.2, 0.25) is 0 Å². The van der Waals surface area contributed by atoms with Gasteiger partial charge in [-0.2, -0.15) is 0 Å². The van der Waals surface area contributed by atoms with E-state index in [1.807, 2.05) is 24.3 Å². The Morgan fingerprint density at radius 2 is 1.53 bits per heavy atom. The Hall–Kier alpha value is -1.09. The summed E-state index contributed by atoms with van der Waals surface area (Å²) in [6.07, 6.45) is 0.871.